The molecule has 1 aromatic rings. The van der Waals surface area contributed by atoms with Crippen LogP contribution in [0.25, 0.3) is 6.08 Å². The normalized spacial score (nSPS) is 18.5. The number of nitrogens with one attached hydrogen (secondary N) is 2. The summed E-state index contributed by atoms with van der Waals surface area (Å²) in [6.07, 6.45) is 3.97. The van der Waals surface area contributed by atoms with E-state index in [1.54, 1.807) is 0 Å². The van der Waals surface area contributed by atoms with Crippen LogP contribution in [0.5, 0.6) is 0 Å². The standard InChI is InChI=1S/C13H16N2O/c1-7-6-14-11(8(7)2)5-12-9(3)10(4)13(16)15-12/h5-6,14H,1-4H3,(H,15,16)/b12-5+. The van der Waals surface area contributed by atoms with Crippen molar-refractivity contribution in [1.29, 1.82) is 0 Å². The number of H-pyrrole nitrogens is 1. The van der Waals surface area contributed by atoms with Gasteiger partial charge in [-0.05, 0) is 50.5 Å². The third kappa shape index (κ3) is 1.58. The molecule has 2 rings (SSSR count). The Morgan fingerprint density at radius 2 is 1.81 bits per heavy atom. The van der Waals surface area contributed by atoms with Crippen molar-refractivity contribution in [3.8, 4) is 0 Å². The van der Waals surface area contributed by atoms with E-state index in [4.69, 9.17) is 0 Å². The Hall–Kier alpha value is -1.77. The smallest absolute Gasteiger partial charge is 0.251 e. The van der Waals surface area contributed by atoms with Crippen LogP contribution in [0.2, 0.25) is 0 Å². The number of allylic oxidation sites excluding steroid dienone is 1. The molecular weight excluding hydrogens is 200 g/mol. The Morgan fingerprint density at radius 3 is 2.25 bits per heavy atom. The van der Waals surface area contributed by atoms with E-state index in [9.17, 15) is 4.79 Å². The average molecular weight is 216 g/mol. The Balaban J connectivity index is 2.41. The molecule has 0 fully saturated rings. The van der Waals surface area contributed by atoms with Gasteiger partial charge >= 0.3 is 0 Å². The molecule has 2 N–H and O–H groups in total. The zero-order valence-corrected chi connectivity index (χ0v) is 10.1. The van der Waals surface area contributed by atoms with Crippen LogP contribution in [0.4, 0.5) is 0 Å². The molecule has 0 aromatic carbocycles. The molecule has 1 aliphatic heterocycles. The molecule has 16 heavy (non-hydrogen) atoms. The highest BCUT2D eigenvalue weighted by atomic mass is 16.1. The first kappa shape index (κ1) is 10.7. The van der Waals surface area contributed by atoms with Crippen molar-refractivity contribution < 1.29 is 4.79 Å². The van der Waals surface area contributed by atoms with Crippen molar-refractivity contribution >= 4 is 12.0 Å². The number of aromatic nitrogens is 1. The molecule has 0 saturated carbocycles. The van der Waals surface area contributed by atoms with Crippen LogP contribution < -0.4 is 5.32 Å². The Bertz CT molecular complexity index is 518. The lowest BCUT2D eigenvalue weighted by atomic mass is 10.1. The first-order chi connectivity index (χ1) is 7.50. The summed E-state index contributed by atoms with van der Waals surface area (Å²) in [7, 11) is 0. The van der Waals surface area contributed by atoms with Crippen molar-refractivity contribution in [3.63, 3.8) is 0 Å². The van der Waals surface area contributed by atoms with Gasteiger partial charge in [-0.2, -0.15) is 0 Å². The molecule has 1 aliphatic rings. The molecule has 1 aromatic heterocycles. The summed E-state index contributed by atoms with van der Waals surface area (Å²) >= 11 is 0. The number of hydrogen-bond donors (Lipinski definition) is 2. The molecule has 0 saturated heterocycles. The third-order valence-electron chi connectivity index (χ3n) is 3.28. The summed E-state index contributed by atoms with van der Waals surface area (Å²) in [5.41, 5.74) is 6.23. The molecule has 0 aliphatic carbocycles. The highest BCUT2D eigenvalue weighted by Gasteiger charge is 2.20. The summed E-state index contributed by atoms with van der Waals surface area (Å²) in [6.45, 7) is 7.94. The number of aryl methyl sites for hydroxylation is 1. The second-order valence-corrected chi connectivity index (χ2v) is 4.27. The maximum Gasteiger partial charge on any atom is 0.251 e. The molecule has 0 bridgehead atoms. The van der Waals surface area contributed by atoms with Gasteiger partial charge in [0.15, 0.2) is 0 Å². The number of rotatable bonds is 1. The van der Waals surface area contributed by atoms with Crippen LogP contribution >= 0.6 is 0 Å². The first-order valence-corrected chi connectivity index (χ1v) is 5.36. The van der Waals surface area contributed by atoms with Gasteiger partial charge in [0.25, 0.3) is 5.91 Å². The number of amides is 1. The quantitative estimate of drug-likeness (QED) is 0.744. The minimum absolute atomic E-state index is 0.00433. The molecule has 3 heteroatoms. The molecule has 1 amide bonds. The van der Waals surface area contributed by atoms with Crippen LogP contribution in [0.15, 0.2) is 23.0 Å². The lowest BCUT2D eigenvalue weighted by Gasteiger charge is -2.00. The molecule has 0 unspecified atom stereocenters. The van der Waals surface area contributed by atoms with Gasteiger partial charge in [0.1, 0.15) is 0 Å². The summed E-state index contributed by atoms with van der Waals surface area (Å²) in [4.78, 5) is 14.7. The lowest BCUT2D eigenvalue weighted by molar-refractivity contribution is -0.116. The summed E-state index contributed by atoms with van der Waals surface area (Å²) < 4.78 is 0. The van der Waals surface area contributed by atoms with Crippen molar-refractivity contribution in [3.05, 3.63) is 39.9 Å². The Kier molecular flexibility index (Phi) is 2.46. The number of hydrogen-bond acceptors (Lipinski definition) is 1. The van der Waals surface area contributed by atoms with Crippen LogP contribution in [-0.4, -0.2) is 10.9 Å². The molecule has 0 radical (unpaired) electrons. The molecule has 0 atom stereocenters. The van der Waals surface area contributed by atoms with Gasteiger partial charge in [0.2, 0.25) is 0 Å². The van der Waals surface area contributed by atoms with Gasteiger partial charge < -0.3 is 10.3 Å². The predicted octanol–water partition coefficient (Wildman–Crippen LogP) is 2.44. The fourth-order valence-electron chi connectivity index (χ4n) is 1.74. The number of aromatic amines is 1. The topological polar surface area (TPSA) is 44.9 Å². The zero-order valence-electron chi connectivity index (χ0n) is 10.1. The summed E-state index contributed by atoms with van der Waals surface area (Å²) in [5, 5.41) is 2.87. The van der Waals surface area contributed by atoms with E-state index in [0.29, 0.717) is 0 Å². The molecule has 0 spiro atoms. The molecule has 3 nitrogen and oxygen atoms in total. The molecule has 84 valence electrons. The van der Waals surface area contributed by atoms with Crippen LogP contribution in [0.1, 0.15) is 30.7 Å². The van der Waals surface area contributed by atoms with Gasteiger partial charge in [0, 0.05) is 23.2 Å². The third-order valence-corrected chi connectivity index (χ3v) is 3.28. The van der Waals surface area contributed by atoms with Crippen molar-refractivity contribution in [2.75, 3.05) is 0 Å². The number of carbonyl (C=O) groups is 1. The fourth-order valence-corrected chi connectivity index (χ4v) is 1.74. The van der Waals surface area contributed by atoms with Crippen LogP contribution in [0, 0.1) is 13.8 Å². The van der Waals surface area contributed by atoms with Crippen LogP contribution in [-0.2, 0) is 4.79 Å². The summed E-state index contributed by atoms with van der Waals surface area (Å²) in [6, 6.07) is 0. The second kappa shape index (κ2) is 3.67. The molecule has 2 heterocycles. The summed E-state index contributed by atoms with van der Waals surface area (Å²) in [5.74, 6) is 0.00433. The Labute approximate surface area is 95.3 Å². The van der Waals surface area contributed by atoms with Gasteiger partial charge in [-0.1, -0.05) is 0 Å². The first-order valence-electron chi connectivity index (χ1n) is 5.36. The fraction of sp³-hybridized carbons (Fsp3) is 0.308. The van der Waals surface area contributed by atoms with Crippen LogP contribution in [0.3, 0.4) is 0 Å². The van der Waals surface area contributed by atoms with E-state index in [2.05, 4.69) is 24.1 Å². The van der Waals surface area contributed by atoms with E-state index >= 15 is 0 Å². The molecular formula is C13H16N2O. The van der Waals surface area contributed by atoms with Crippen molar-refractivity contribution in [2.24, 2.45) is 0 Å². The van der Waals surface area contributed by atoms with E-state index in [-0.39, 0.29) is 5.91 Å². The zero-order chi connectivity index (χ0) is 11.9. The van der Waals surface area contributed by atoms with Crippen molar-refractivity contribution in [1.82, 2.24) is 10.3 Å². The SMILES string of the molecule is CC1=C(C)/C(=C\c2[nH]cc(C)c2C)NC1=O. The minimum atomic E-state index is 0.00433. The van der Waals surface area contributed by atoms with E-state index in [0.717, 1.165) is 22.5 Å². The highest BCUT2D eigenvalue weighted by molar-refractivity contribution is 6.00. The Morgan fingerprint density at radius 1 is 1.12 bits per heavy atom. The highest BCUT2D eigenvalue weighted by Crippen LogP contribution is 2.23. The van der Waals surface area contributed by atoms with E-state index in [1.807, 2.05) is 26.1 Å². The van der Waals surface area contributed by atoms with Gasteiger partial charge in [-0.15, -0.1) is 0 Å². The predicted molar refractivity (Wildman–Crippen MR) is 64.8 cm³/mol. The maximum absolute atomic E-state index is 11.5. The number of carbonyl (C=O) groups excluding carboxylic acids is 1. The van der Waals surface area contributed by atoms with Crippen molar-refractivity contribution in [2.45, 2.75) is 27.7 Å². The monoisotopic (exact) mass is 216 g/mol. The maximum atomic E-state index is 11.5. The van der Waals surface area contributed by atoms with E-state index < -0.39 is 0 Å². The van der Waals surface area contributed by atoms with Gasteiger partial charge in [0.05, 0.1) is 0 Å². The second-order valence-electron chi connectivity index (χ2n) is 4.27. The largest absolute Gasteiger partial charge is 0.361 e. The lowest BCUT2D eigenvalue weighted by Crippen LogP contribution is -2.15. The average Bonchev–Trinajstić information content (AvgIpc) is 2.68. The minimum Gasteiger partial charge on any atom is -0.361 e. The van der Waals surface area contributed by atoms with Gasteiger partial charge in [-0.3, -0.25) is 4.79 Å². The van der Waals surface area contributed by atoms with E-state index in [1.165, 1.54) is 11.1 Å². The van der Waals surface area contributed by atoms with Gasteiger partial charge in [-0.25, -0.2) is 0 Å².